The second-order valence-corrected chi connectivity index (χ2v) is 11.2. The standard InChI is InChI=1S/C33H31ClN2O6S/c1-5-40-32(38)29-21(3)35-33-36(30(29)23-8-12-24(39-4)13-9-23)31(37)28(43-33)19-22-6-10-25(11-7-22)41-16-17-42-26-14-15-27(34)20(2)18-26/h6-15,18-19,30H,5,16-17H2,1-4H3/b28-19+/t30-/m0/s1. The van der Waals surface area contributed by atoms with Crippen LogP contribution in [0.25, 0.3) is 6.08 Å². The predicted octanol–water partition coefficient (Wildman–Crippen LogP) is 5.23. The Bertz CT molecular complexity index is 1840. The number of ether oxygens (including phenoxy) is 4. The summed E-state index contributed by atoms with van der Waals surface area (Å²) in [5.41, 5.74) is 3.14. The minimum absolute atomic E-state index is 0.212. The molecular weight excluding hydrogens is 588 g/mol. The Hall–Kier alpha value is -4.34. The highest BCUT2D eigenvalue weighted by Crippen LogP contribution is 2.31. The van der Waals surface area contributed by atoms with Crippen LogP contribution in [0.5, 0.6) is 17.2 Å². The van der Waals surface area contributed by atoms with E-state index in [1.165, 1.54) is 11.3 Å². The van der Waals surface area contributed by atoms with Crippen LogP contribution in [0, 0.1) is 6.92 Å². The zero-order chi connectivity index (χ0) is 30.5. The van der Waals surface area contributed by atoms with E-state index in [1.807, 2.05) is 67.6 Å². The number of benzene rings is 3. The van der Waals surface area contributed by atoms with E-state index in [0.29, 0.717) is 50.3 Å². The molecule has 0 saturated carbocycles. The van der Waals surface area contributed by atoms with Gasteiger partial charge in [0.25, 0.3) is 5.56 Å². The van der Waals surface area contributed by atoms with Crippen LogP contribution in [0.4, 0.5) is 0 Å². The molecular formula is C33H31ClN2O6S. The number of rotatable bonds is 10. The first-order valence-corrected chi connectivity index (χ1v) is 14.9. The summed E-state index contributed by atoms with van der Waals surface area (Å²) in [6.07, 6.45) is 1.81. The number of aryl methyl sites for hydroxylation is 1. The summed E-state index contributed by atoms with van der Waals surface area (Å²) in [7, 11) is 1.59. The number of carbonyl (C=O) groups is 1. The molecule has 10 heteroatoms. The van der Waals surface area contributed by atoms with Crippen LogP contribution < -0.4 is 29.1 Å². The van der Waals surface area contributed by atoms with Crippen LogP contribution in [0.3, 0.4) is 0 Å². The molecule has 0 saturated heterocycles. The molecule has 0 bridgehead atoms. The topological polar surface area (TPSA) is 88.4 Å². The zero-order valence-electron chi connectivity index (χ0n) is 24.3. The highest BCUT2D eigenvalue weighted by molar-refractivity contribution is 7.07. The van der Waals surface area contributed by atoms with Crippen LogP contribution in [-0.2, 0) is 9.53 Å². The minimum atomic E-state index is -0.682. The molecule has 1 atom stereocenters. The van der Waals surface area contributed by atoms with Gasteiger partial charge >= 0.3 is 5.97 Å². The third-order valence-corrected chi connectivity index (χ3v) is 8.28. The van der Waals surface area contributed by atoms with Crippen molar-refractivity contribution in [2.75, 3.05) is 26.9 Å². The van der Waals surface area contributed by atoms with Gasteiger partial charge in [-0.2, -0.15) is 0 Å². The normalized spacial score (nSPS) is 14.6. The number of aromatic nitrogens is 1. The van der Waals surface area contributed by atoms with E-state index in [1.54, 1.807) is 37.7 Å². The third kappa shape index (κ3) is 6.68. The molecule has 0 unspecified atom stereocenters. The lowest BCUT2D eigenvalue weighted by Crippen LogP contribution is -2.39. The molecule has 0 fully saturated rings. The summed E-state index contributed by atoms with van der Waals surface area (Å²) >= 11 is 7.34. The van der Waals surface area contributed by atoms with Gasteiger partial charge in [-0.1, -0.05) is 47.2 Å². The van der Waals surface area contributed by atoms with E-state index in [2.05, 4.69) is 4.99 Å². The fraction of sp³-hybridized carbons (Fsp3) is 0.242. The minimum Gasteiger partial charge on any atom is -0.497 e. The molecule has 1 aliphatic rings. The van der Waals surface area contributed by atoms with E-state index in [0.717, 1.165) is 22.4 Å². The molecule has 1 aromatic heterocycles. The molecule has 43 heavy (non-hydrogen) atoms. The van der Waals surface area contributed by atoms with Crippen LogP contribution >= 0.6 is 22.9 Å². The fourth-order valence-corrected chi connectivity index (χ4v) is 5.89. The Kier molecular flexibility index (Phi) is 9.33. The molecule has 222 valence electrons. The van der Waals surface area contributed by atoms with Gasteiger partial charge in [-0.25, -0.2) is 9.79 Å². The maximum atomic E-state index is 13.8. The Labute approximate surface area is 258 Å². The van der Waals surface area contributed by atoms with Crippen molar-refractivity contribution in [3.63, 3.8) is 0 Å². The average molecular weight is 619 g/mol. The van der Waals surface area contributed by atoms with Gasteiger partial charge in [0.15, 0.2) is 4.80 Å². The Morgan fingerprint density at radius 2 is 1.63 bits per heavy atom. The van der Waals surface area contributed by atoms with Crippen molar-refractivity contribution in [2.45, 2.75) is 26.8 Å². The highest BCUT2D eigenvalue weighted by Gasteiger charge is 2.33. The second kappa shape index (κ2) is 13.3. The second-order valence-electron chi connectivity index (χ2n) is 9.75. The molecule has 0 spiro atoms. The number of carbonyl (C=O) groups excluding carboxylic acids is 1. The number of methoxy groups -OCH3 is 1. The van der Waals surface area contributed by atoms with Crippen molar-refractivity contribution in [3.05, 3.63) is 119 Å². The molecule has 0 amide bonds. The Morgan fingerprint density at radius 3 is 2.28 bits per heavy atom. The maximum Gasteiger partial charge on any atom is 0.338 e. The first kappa shape index (κ1) is 30.1. The number of esters is 1. The summed E-state index contributed by atoms with van der Waals surface area (Å²) in [6, 6.07) is 19.6. The smallest absolute Gasteiger partial charge is 0.338 e. The fourth-order valence-electron chi connectivity index (χ4n) is 4.73. The molecule has 3 aromatic carbocycles. The largest absolute Gasteiger partial charge is 0.497 e. The van der Waals surface area contributed by atoms with Gasteiger partial charge in [-0.05, 0) is 86.0 Å². The lowest BCUT2D eigenvalue weighted by atomic mass is 9.96. The van der Waals surface area contributed by atoms with Gasteiger partial charge < -0.3 is 18.9 Å². The van der Waals surface area contributed by atoms with Crippen molar-refractivity contribution < 1.29 is 23.7 Å². The van der Waals surface area contributed by atoms with E-state index in [9.17, 15) is 9.59 Å². The number of thiazole rings is 1. The molecule has 0 aliphatic carbocycles. The summed E-state index contributed by atoms with van der Waals surface area (Å²) < 4.78 is 24.3. The summed E-state index contributed by atoms with van der Waals surface area (Å²) in [4.78, 5) is 32.0. The monoisotopic (exact) mass is 618 g/mol. The van der Waals surface area contributed by atoms with Gasteiger partial charge in [0.2, 0.25) is 0 Å². The Morgan fingerprint density at radius 1 is 0.977 bits per heavy atom. The van der Waals surface area contributed by atoms with E-state index >= 15 is 0 Å². The molecule has 1 aliphatic heterocycles. The highest BCUT2D eigenvalue weighted by atomic mass is 35.5. The van der Waals surface area contributed by atoms with E-state index in [-0.39, 0.29) is 12.2 Å². The van der Waals surface area contributed by atoms with Crippen molar-refractivity contribution in [1.29, 1.82) is 0 Å². The van der Waals surface area contributed by atoms with Gasteiger partial charge in [0, 0.05) is 5.02 Å². The van der Waals surface area contributed by atoms with Crippen LogP contribution in [0.15, 0.2) is 87.8 Å². The SMILES string of the molecule is CCOC(=O)C1=C(C)N=c2s/c(=C/c3ccc(OCCOc4ccc(Cl)c(C)c4)cc3)c(=O)n2[C@H]1c1ccc(OC)cc1. The number of halogens is 1. The lowest BCUT2D eigenvalue weighted by Gasteiger charge is -2.24. The molecule has 8 nitrogen and oxygen atoms in total. The first-order valence-electron chi connectivity index (χ1n) is 13.7. The number of hydrogen-bond donors (Lipinski definition) is 0. The molecule has 2 heterocycles. The zero-order valence-corrected chi connectivity index (χ0v) is 25.8. The van der Waals surface area contributed by atoms with Gasteiger partial charge in [-0.3, -0.25) is 9.36 Å². The summed E-state index contributed by atoms with van der Waals surface area (Å²) in [6.45, 7) is 6.40. The van der Waals surface area contributed by atoms with Crippen molar-refractivity contribution >= 4 is 35.0 Å². The van der Waals surface area contributed by atoms with E-state index < -0.39 is 12.0 Å². The van der Waals surface area contributed by atoms with E-state index in [4.69, 9.17) is 30.5 Å². The maximum absolute atomic E-state index is 13.8. The van der Waals surface area contributed by atoms with Crippen LogP contribution in [0.2, 0.25) is 5.02 Å². The number of allylic oxidation sites excluding steroid dienone is 1. The number of fused-ring (bicyclic) bond motifs is 1. The number of nitrogens with zero attached hydrogens (tertiary/aromatic N) is 2. The summed E-state index contributed by atoms with van der Waals surface area (Å²) in [5.74, 6) is 1.60. The Balaban J connectivity index is 1.37. The van der Waals surface area contributed by atoms with Crippen LogP contribution in [0.1, 0.15) is 36.6 Å². The van der Waals surface area contributed by atoms with Gasteiger partial charge in [-0.15, -0.1) is 0 Å². The van der Waals surface area contributed by atoms with Crippen LogP contribution in [-0.4, -0.2) is 37.5 Å². The lowest BCUT2D eigenvalue weighted by molar-refractivity contribution is -0.139. The molecule has 0 radical (unpaired) electrons. The third-order valence-electron chi connectivity index (χ3n) is 6.88. The van der Waals surface area contributed by atoms with Gasteiger partial charge in [0.05, 0.1) is 35.6 Å². The van der Waals surface area contributed by atoms with Gasteiger partial charge in [0.1, 0.15) is 30.5 Å². The predicted molar refractivity (Wildman–Crippen MR) is 167 cm³/mol. The van der Waals surface area contributed by atoms with Crippen molar-refractivity contribution in [3.8, 4) is 17.2 Å². The van der Waals surface area contributed by atoms with Crippen molar-refractivity contribution in [2.24, 2.45) is 4.99 Å². The first-order chi connectivity index (χ1) is 20.8. The molecule has 5 rings (SSSR count). The van der Waals surface area contributed by atoms with Crippen molar-refractivity contribution in [1.82, 2.24) is 4.57 Å². The molecule has 0 N–H and O–H groups in total. The molecule has 4 aromatic rings. The average Bonchev–Trinajstić information content (AvgIpc) is 3.31. The summed E-state index contributed by atoms with van der Waals surface area (Å²) in [5, 5.41) is 0.700. The number of hydrogen-bond acceptors (Lipinski definition) is 8. The quantitative estimate of drug-likeness (QED) is 0.179.